The fourth-order valence-electron chi connectivity index (χ4n) is 1.41. The van der Waals surface area contributed by atoms with Gasteiger partial charge in [0.05, 0.1) is 18.1 Å². The van der Waals surface area contributed by atoms with E-state index in [4.69, 9.17) is 10.1 Å². The number of carbonyl (C=O) groups is 1. The molecule has 0 saturated carbocycles. The summed E-state index contributed by atoms with van der Waals surface area (Å²) in [6.45, 7) is 1.63. The van der Waals surface area contributed by atoms with Gasteiger partial charge in [-0.25, -0.2) is 0 Å². The van der Waals surface area contributed by atoms with Crippen LogP contribution in [0.1, 0.15) is 29.3 Å². The van der Waals surface area contributed by atoms with Gasteiger partial charge >= 0.3 is 6.18 Å². The van der Waals surface area contributed by atoms with Gasteiger partial charge in [-0.3, -0.25) is 4.79 Å². The van der Waals surface area contributed by atoms with Crippen LogP contribution in [0, 0.1) is 5.41 Å². The Morgan fingerprint density at radius 2 is 1.84 bits per heavy atom. The Bertz CT molecular complexity index is 466. The fourth-order valence-corrected chi connectivity index (χ4v) is 1.41. The summed E-state index contributed by atoms with van der Waals surface area (Å²) < 4.78 is 41.9. The van der Waals surface area contributed by atoms with Crippen molar-refractivity contribution in [3.05, 3.63) is 35.4 Å². The molecular weight excluding hydrogens is 259 g/mol. The zero-order chi connectivity index (χ0) is 14.6. The van der Waals surface area contributed by atoms with Crippen molar-refractivity contribution in [1.82, 2.24) is 0 Å². The van der Waals surface area contributed by atoms with Gasteiger partial charge in [0.2, 0.25) is 0 Å². The summed E-state index contributed by atoms with van der Waals surface area (Å²) in [7, 11) is 1.42. The lowest BCUT2D eigenvalue weighted by Crippen LogP contribution is -2.21. The van der Waals surface area contributed by atoms with E-state index in [1.807, 2.05) is 0 Å². The second kappa shape index (κ2) is 5.97. The quantitative estimate of drug-likeness (QED) is 0.660. The minimum absolute atomic E-state index is 0.0902. The molecular formula is C13H14F3NO2. The SMILES string of the molecule is COC(C)C(=N)CC(=O)c1ccc(C(F)(F)F)cc1. The van der Waals surface area contributed by atoms with Gasteiger partial charge in [-0.1, -0.05) is 12.1 Å². The number of hydrogen-bond acceptors (Lipinski definition) is 3. The molecule has 0 bridgehead atoms. The van der Waals surface area contributed by atoms with Crippen LogP contribution in [-0.4, -0.2) is 24.7 Å². The van der Waals surface area contributed by atoms with Crippen molar-refractivity contribution in [2.75, 3.05) is 7.11 Å². The van der Waals surface area contributed by atoms with E-state index in [1.54, 1.807) is 6.92 Å². The highest BCUT2D eigenvalue weighted by Gasteiger charge is 2.30. The summed E-state index contributed by atoms with van der Waals surface area (Å²) in [6.07, 6.45) is -5.07. The topological polar surface area (TPSA) is 50.1 Å². The molecule has 0 saturated heterocycles. The second-order valence-electron chi connectivity index (χ2n) is 4.08. The highest BCUT2D eigenvalue weighted by Crippen LogP contribution is 2.29. The summed E-state index contributed by atoms with van der Waals surface area (Å²) in [5, 5.41) is 7.59. The molecule has 0 aliphatic rings. The van der Waals surface area contributed by atoms with Crippen LogP contribution in [0.15, 0.2) is 24.3 Å². The van der Waals surface area contributed by atoms with Gasteiger partial charge in [-0.05, 0) is 19.1 Å². The van der Waals surface area contributed by atoms with Crippen molar-refractivity contribution in [2.24, 2.45) is 0 Å². The van der Waals surface area contributed by atoms with Crippen LogP contribution >= 0.6 is 0 Å². The molecule has 19 heavy (non-hydrogen) atoms. The third kappa shape index (κ3) is 4.17. The lowest BCUT2D eigenvalue weighted by Gasteiger charge is -2.11. The van der Waals surface area contributed by atoms with Crippen molar-refractivity contribution in [2.45, 2.75) is 25.6 Å². The Morgan fingerprint density at radius 1 is 1.32 bits per heavy atom. The van der Waals surface area contributed by atoms with Crippen LogP contribution in [-0.2, 0) is 10.9 Å². The molecule has 1 aromatic rings. The predicted octanol–water partition coefficient (Wildman–Crippen LogP) is 3.33. The third-order valence-electron chi connectivity index (χ3n) is 2.73. The minimum Gasteiger partial charge on any atom is -0.376 e. The Kier molecular flexibility index (Phi) is 4.83. The van der Waals surface area contributed by atoms with Gasteiger partial charge < -0.3 is 10.1 Å². The zero-order valence-corrected chi connectivity index (χ0v) is 10.5. The van der Waals surface area contributed by atoms with Crippen LogP contribution in [0.4, 0.5) is 13.2 Å². The van der Waals surface area contributed by atoms with Crippen LogP contribution in [0.25, 0.3) is 0 Å². The van der Waals surface area contributed by atoms with Crippen LogP contribution < -0.4 is 0 Å². The van der Waals surface area contributed by atoms with Crippen LogP contribution in [0.5, 0.6) is 0 Å². The minimum atomic E-state index is -4.42. The van der Waals surface area contributed by atoms with Crippen LogP contribution in [0.2, 0.25) is 0 Å². The molecule has 104 valence electrons. The number of ether oxygens (including phenoxy) is 1. The maximum Gasteiger partial charge on any atom is 0.416 e. The summed E-state index contributed by atoms with van der Waals surface area (Å²) in [4.78, 5) is 11.8. The standard InChI is InChI=1S/C13H14F3NO2/c1-8(19-2)11(17)7-12(18)9-3-5-10(6-4-9)13(14,15)16/h3-6,8,17H,7H2,1-2H3. The molecule has 1 atom stereocenters. The molecule has 1 rings (SSSR count). The average Bonchev–Trinajstić information content (AvgIpc) is 2.36. The number of halogens is 3. The highest BCUT2D eigenvalue weighted by molar-refractivity contribution is 6.09. The predicted molar refractivity (Wildman–Crippen MR) is 64.6 cm³/mol. The number of Topliss-reactive ketones (excluding diaryl/α,β-unsaturated/α-hetero) is 1. The van der Waals surface area contributed by atoms with Crippen molar-refractivity contribution >= 4 is 11.5 Å². The molecule has 3 nitrogen and oxygen atoms in total. The summed E-state index contributed by atoms with van der Waals surface area (Å²) in [6, 6.07) is 3.96. The van der Waals surface area contributed by atoms with Crippen molar-refractivity contribution in [3.8, 4) is 0 Å². The molecule has 0 amide bonds. The first-order valence-corrected chi connectivity index (χ1v) is 5.56. The molecule has 1 aromatic carbocycles. The van der Waals surface area contributed by atoms with Gasteiger partial charge in [0.25, 0.3) is 0 Å². The van der Waals surface area contributed by atoms with Crippen LogP contribution in [0.3, 0.4) is 0 Å². The summed E-state index contributed by atoms with van der Waals surface area (Å²) >= 11 is 0. The van der Waals surface area contributed by atoms with E-state index in [-0.39, 0.29) is 17.7 Å². The van der Waals surface area contributed by atoms with E-state index >= 15 is 0 Å². The van der Waals surface area contributed by atoms with Gasteiger partial charge in [0.1, 0.15) is 0 Å². The van der Waals surface area contributed by atoms with Gasteiger partial charge in [0.15, 0.2) is 5.78 Å². The number of methoxy groups -OCH3 is 1. The first-order valence-electron chi connectivity index (χ1n) is 5.56. The van der Waals surface area contributed by atoms with Crippen molar-refractivity contribution < 1.29 is 22.7 Å². The second-order valence-corrected chi connectivity index (χ2v) is 4.08. The van der Waals surface area contributed by atoms with E-state index in [0.717, 1.165) is 24.3 Å². The molecule has 0 aromatic heterocycles. The zero-order valence-electron chi connectivity index (χ0n) is 10.5. The Hall–Kier alpha value is -1.69. The molecule has 0 heterocycles. The lowest BCUT2D eigenvalue weighted by molar-refractivity contribution is -0.137. The molecule has 0 aliphatic carbocycles. The Balaban J connectivity index is 2.76. The first kappa shape index (κ1) is 15.4. The third-order valence-corrected chi connectivity index (χ3v) is 2.73. The molecule has 1 unspecified atom stereocenters. The molecule has 6 heteroatoms. The summed E-state index contributed by atoms with van der Waals surface area (Å²) in [5.74, 6) is -0.400. The molecule has 0 fully saturated rings. The van der Waals surface area contributed by atoms with Crippen molar-refractivity contribution in [1.29, 1.82) is 5.41 Å². The van der Waals surface area contributed by atoms with Crippen molar-refractivity contribution in [3.63, 3.8) is 0 Å². The van der Waals surface area contributed by atoms with E-state index in [1.165, 1.54) is 7.11 Å². The smallest absolute Gasteiger partial charge is 0.376 e. The van der Waals surface area contributed by atoms with Gasteiger partial charge in [0, 0.05) is 18.4 Å². The highest BCUT2D eigenvalue weighted by atomic mass is 19.4. The number of alkyl halides is 3. The van der Waals surface area contributed by atoms with E-state index in [2.05, 4.69) is 0 Å². The number of benzene rings is 1. The summed E-state index contributed by atoms with van der Waals surface area (Å²) in [5.41, 5.74) is -0.558. The number of ketones is 1. The largest absolute Gasteiger partial charge is 0.416 e. The molecule has 0 spiro atoms. The maximum absolute atomic E-state index is 12.3. The first-order chi connectivity index (χ1) is 8.75. The maximum atomic E-state index is 12.3. The number of hydrogen-bond donors (Lipinski definition) is 1. The number of nitrogens with one attached hydrogen (secondary N) is 1. The van der Waals surface area contributed by atoms with E-state index < -0.39 is 23.6 Å². The molecule has 1 N–H and O–H groups in total. The van der Waals surface area contributed by atoms with Gasteiger partial charge in [-0.15, -0.1) is 0 Å². The van der Waals surface area contributed by atoms with E-state index in [9.17, 15) is 18.0 Å². The molecule has 0 aliphatic heterocycles. The Labute approximate surface area is 108 Å². The molecule has 0 radical (unpaired) electrons. The lowest BCUT2D eigenvalue weighted by atomic mass is 10.0. The number of carbonyl (C=O) groups excluding carboxylic acids is 1. The Morgan fingerprint density at radius 3 is 2.26 bits per heavy atom. The van der Waals surface area contributed by atoms with Gasteiger partial charge in [-0.2, -0.15) is 13.2 Å². The monoisotopic (exact) mass is 273 g/mol. The normalized spacial score (nSPS) is 13.1. The van der Waals surface area contributed by atoms with E-state index in [0.29, 0.717) is 0 Å². The average molecular weight is 273 g/mol. The fraction of sp³-hybridized carbons (Fsp3) is 0.385. The number of rotatable bonds is 5.